The molecule has 122 valence electrons. The fraction of sp³-hybridized carbons (Fsp3) is 0.438. The van der Waals surface area contributed by atoms with E-state index >= 15 is 0 Å². The van der Waals surface area contributed by atoms with Crippen molar-refractivity contribution in [1.29, 1.82) is 0 Å². The van der Waals surface area contributed by atoms with Gasteiger partial charge in [-0.3, -0.25) is 4.90 Å². The largest absolute Gasteiger partial charge is 0.338 e. The maximum atomic E-state index is 11.8. The first-order valence-electron chi connectivity index (χ1n) is 7.98. The Kier molecular flexibility index (Phi) is 4.87. The predicted octanol–water partition coefficient (Wildman–Crippen LogP) is 1.11. The number of aromatic nitrogens is 3. The van der Waals surface area contributed by atoms with E-state index < -0.39 is 0 Å². The minimum absolute atomic E-state index is 0.0298. The Morgan fingerprint density at radius 1 is 1.17 bits per heavy atom. The van der Waals surface area contributed by atoms with Gasteiger partial charge in [-0.1, -0.05) is 18.2 Å². The van der Waals surface area contributed by atoms with Crippen LogP contribution in [0.25, 0.3) is 5.69 Å². The van der Waals surface area contributed by atoms with Crippen LogP contribution in [0, 0.1) is 0 Å². The lowest BCUT2D eigenvalue weighted by Crippen LogP contribution is -2.51. The number of hydrogen-bond acceptors (Lipinski definition) is 4. The van der Waals surface area contributed by atoms with Gasteiger partial charge < -0.3 is 10.2 Å². The van der Waals surface area contributed by atoms with Gasteiger partial charge in [-0.25, -0.2) is 4.79 Å². The van der Waals surface area contributed by atoms with E-state index in [1.54, 1.807) is 4.80 Å². The topological polar surface area (TPSA) is 66.3 Å². The summed E-state index contributed by atoms with van der Waals surface area (Å²) in [6, 6.07) is 9.91. The molecule has 1 fully saturated rings. The van der Waals surface area contributed by atoms with Gasteiger partial charge in [-0.15, -0.1) is 0 Å². The zero-order chi connectivity index (χ0) is 16.1. The molecule has 0 saturated carbocycles. The standard InChI is InChI=1S/C16H22N6O/c1-2-17-16(23)21-10-8-20(9-11-21)13-14-12-18-22(19-14)15-6-4-3-5-7-15/h3-7,12H,2,8-11,13H2,1H3,(H,17,23). The molecule has 0 spiro atoms. The molecule has 0 radical (unpaired) electrons. The minimum atomic E-state index is 0.0298. The summed E-state index contributed by atoms with van der Waals surface area (Å²) in [7, 11) is 0. The van der Waals surface area contributed by atoms with Crippen LogP contribution in [0.4, 0.5) is 4.79 Å². The smallest absolute Gasteiger partial charge is 0.317 e. The van der Waals surface area contributed by atoms with E-state index in [0.29, 0.717) is 6.54 Å². The van der Waals surface area contributed by atoms with E-state index in [1.165, 1.54) is 0 Å². The molecule has 1 aliphatic heterocycles. The first-order chi connectivity index (χ1) is 11.3. The van der Waals surface area contributed by atoms with E-state index in [4.69, 9.17) is 0 Å². The van der Waals surface area contributed by atoms with Gasteiger partial charge >= 0.3 is 6.03 Å². The number of nitrogens with one attached hydrogen (secondary N) is 1. The summed E-state index contributed by atoms with van der Waals surface area (Å²) in [6.45, 7) is 6.57. The Hall–Kier alpha value is -2.41. The van der Waals surface area contributed by atoms with Gasteiger partial charge in [-0.05, 0) is 19.1 Å². The molecule has 1 N–H and O–H groups in total. The molecule has 2 amide bonds. The number of hydrogen-bond donors (Lipinski definition) is 1. The molecule has 7 nitrogen and oxygen atoms in total. The summed E-state index contributed by atoms with van der Waals surface area (Å²) in [5, 5.41) is 11.7. The average molecular weight is 314 g/mol. The molecule has 0 unspecified atom stereocenters. The van der Waals surface area contributed by atoms with Crippen molar-refractivity contribution >= 4 is 6.03 Å². The summed E-state index contributed by atoms with van der Waals surface area (Å²) in [6.07, 6.45) is 1.81. The zero-order valence-electron chi connectivity index (χ0n) is 13.4. The third-order valence-corrected chi connectivity index (χ3v) is 3.90. The third kappa shape index (κ3) is 3.87. The average Bonchev–Trinajstić information content (AvgIpc) is 3.05. The predicted molar refractivity (Wildman–Crippen MR) is 87.3 cm³/mol. The zero-order valence-corrected chi connectivity index (χ0v) is 13.4. The molecule has 0 atom stereocenters. The Bertz CT molecular complexity index is 633. The fourth-order valence-corrected chi connectivity index (χ4v) is 2.65. The van der Waals surface area contributed by atoms with Crippen LogP contribution in [0.3, 0.4) is 0 Å². The number of rotatable bonds is 4. The first kappa shape index (κ1) is 15.5. The highest BCUT2D eigenvalue weighted by Crippen LogP contribution is 2.08. The Morgan fingerprint density at radius 2 is 1.91 bits per heavy atom. The SMILES string of the molecule is CCNC(=O)N1CCN(Cc2cnn(-c3ccccc3)n2)CC1. The Labute approximate surface area is 135 Å². The van der Waals surface area contributed by atoms with Gasteiger partial charge in [-0.2, -0.15) is 15.0 Å². The second kappa shape index (κ2) is 7.23. The Balaban J connectivity index is 1.53. The summed E-state index contributed by atoms with van der Waals surface area (Å²) in [5.74, 6) is 0. The highest BCUT2D eigenvalue weighted by molar-refractivity contribution is 5.74. The van der Waals surface area contributed by atoms with E-state index in [0.717, 1.165) is 44.1 Å². The Morgan fingerprint density at radius 3 is 2.61 bits per heavy atom. The van der Waals surface area contributed by atoms with Crippen molar-refractivity contribution in [1.82, 2.24) is 30.1 Å². The van der Waals surface area contributed by atoms with Gasteiger partial charge in [0.2, 0.25) is 0 Å². The van der Waals surface area contributed by atoms with Crippen LogP contribution in [0.5, 0.6) is 0 Å². The molecule has 23 heavy (non-hydrogen) atoms. The summed E-state index contributed by atoms with van der Waals surface area (Å²) < 4.78 is 0. The minimum Gasteiger partial charge on any atom is -0.338 e. The molecule has 7 heteroatoms. The lowest BCUT2D eigenvalue weighted by molar-refractivity contribution is 0.134. The first-order valence-corrected chi connectivity index (χ1v) is 7.98. The molecule has 1 aromatic heterocycles. The fourth-order valence-electron chi connectivity index (χ4n) is 2.65. The van der Waals surface area contributed by atoms with Gasteiger partial charge in [0.25, 0.3) is 0 Å². The van der Waals surface area contributed by atoms with Crippen molar-refractivity contribution in [2.45, 2.75) is 13.5 Å². The second-order valence-corrected chi connectivity index (χ2v) is 5.56. The van der Waals surface area contributed by atoms with Crippen LogP contribution in [0.2, 0.25) is 0 Å². The molecule has 2 aromatic rings. The van der Waals surface area contributed by atoms with Crippen LogP contribution < -0.4 is 5.32 Å². The van der Waals surface area contributed by atoms with Gasteiger partial charge in [0.05, 0.1) is 17.6 Å². The second-order valence-electron chi connectivity index (χ2n) is 5.56. The number of amides is 2. The number of benzene rings is 1. The summed E-state index contributed by atoms with van der Waals surface area (Å²) in [4.78, 5) is 17.6. The quantitative estimate of drug-likeness (QED) is 0.918. The molecule has 0 bridgehead atoms. The molecule has 3 rings (SSSR count). The number of nitrogens with zero attached hydrogens (tertiary/aromatic N) is 5. The molecule has 1 saturated heterocycles. The summed E-state index contributed by atoms with van der Waals surface area (Å²) >= 11 is 0. The van der Waals surface area contributed by atoms with E-state index in [2.05, 4.69) is 20.4 Å². The number of carbonyl (C=O) groups is 1. The van der Waals surface area contributed by atoms with E-state index in [9.17, 15) is 4.79 Å². The van der Waals surface area contributed by atoms with Crippen molar-refractivity contribution in [2.75, 3.05) is 32.7 Å². The molecule has 0 aliphatic carbocycles. The van der Waals surface area contributed by atoms with Crippen LogP contribution in [0.15, 0.2) is 36.5 Å². The van der Waals surface area contributed by atoms with Crippen molar-refractivity contribution in [3.05, 3.63) is 42.2 Å². The van der Waals surface area contributed by atoms with Gasteiger partial charge in [0.15, 0.2) is 0 Å². The lowest BCUT2D eigenvalue weighted by atomic mass is 10.3. The van der Waals surface area contributed by atoms with Crippen LogP contribution >= 0.6 is 0 Å². The van der Waals surface area contributed by atoms with Crippen molar-refractivity contribution in [2.24, 2.45) is 0 Å². The number of piperazine rings is 1. The van der Waals surface area contributed by atoms with E-state index in [1.807, 2.05) is 48.4 Å². The summed E-state index contributed by atoms with van der Waals surface area (Å²) in [5.41, 5.74) is 1.90. The maximum Gasteiger partial charge on any atom is 0.317 e. The van der Waals surface area contributed by atoms with Crippen LogP contribution in [-0.2, 0) is 6.54 Å². The highest BCUT2D eigenvalue weighted by Gasteiger charge is 2.21. The third-order valence-electron chi connectivity index (χ3n) is 3.90. The molecular formula is C16H22N6O. The van der Waals surface area contributed by atoms with Crippen LogP contribution in [-0.4, -0.2) is 63.5 Å². The molecular weight excluding hydrogens is 292 g/mol. The number of carbonyl (C=O) groups excluding carboxylic acids is 1. The lowest BCUT2D eigenvalue weighted by Gasteiger charge is -2.34. The monoisotopic (exact) mass is 314 g/mol. The molecule has 1 aromatic carbocycles. The van der Waals surface area contributed by atoms with Crippen molar-refractivity contribution in [3.63, 3.8) is 0 Å². The van der Waals surface area contributed by atoms with Crippen molar-refractivity contribution < 1.29 is 4.79 Å². The molecule has 1 aliphatic rings. The molecule has 2 heterocycles. The number of para-hydroxylation sites is 1. The number of urea groups is 1. The van der Waals surface area contributed by atoms with Gasteiger partial charge in [0.1, 0.15) is 0 Å². The van der Waals surface area contributed by atoms with Gasteiger partial charge in [0, 0.05) is 39.3 Å². The van der Waals surface area contributed by atoms with Crippen LogP contribution in [0.1, 0.15) is 12.6 Å². The van der Waals surface area contributed by atoms with E-state index in [-0.39, 0.29) is 6.03 Å². The normalized spacial score (nSPS) is 15.6. The van der Waals surface area contributed by atoms with Crippen molar-refractivity contribution in [3.8, 4) is 5.69 Å². The maximum absolute atomic E-state index is 11.8. The highest BCUT2D eigenvalue weighted by atomic mass is 16.2.